The molecule has 1 heterocycles. The second-order valence-electron chi connectivity index (χ2n) is 4.61. The van der Waals surface area contributed by atoms with Crippen molar-refractivity contribution < 1.29 is 23.9 Å². The number of rotatable bonds is 4. The normalized spacial score (nSPS) is 18.9. The van der Waals surface area contributed by atoms with Gasteiger partial charge in [0.25, 0.3) is 5.91 Å². The minimum absolute atomic E-state index is 0.185. The maximum atomic E-state index is 12.4. The van der Waals surface area contributed by atoms with Gasteiger partial charge in [-0.25, -0.2) is 14.6 Å². The van der Waals surface area contributed by atoms with Gasteiger partial charge in [0.2, 0.25) is 0 Å². The third kappa shape index (κ3) is 3.46. The van der Waals surface area contributed by atoms with Crippen LogP contribution in [-0.4, -0.2) is 55.5 Å². The van der Waals surface area contributed by atoms with Gasteiger partial charge in [-0.05, 0) is 5.92 Å². The highest BCUT2D eigenvalue weighted by molar-refractivity contribution is 5.92. The summed E-state index contributed by atoms with van der Waals surface area (Å²) in [5, 5.41) is 7.38. The van der Waals surface area contributed by atoms with Gasteiger partial charge in [0.1, 0.15) is 6.04 Å². The van der Waals surface area contributed by atoms with Crippen LogP contribution in [0.25, 0.3) is 0 Å². The zero-order valence-electron chi connectivity index (χ0n) is 12.0. The number of nitrogens with one attached hydrogen (secondary N) is 1. The van der Waals surface area contributed by atoms with Crippen LogP contribution in [0.3, 0.4) is 0 Å². The Balaban J connectivity index is 2.86. The Bertz CT molecular complexity index is 421. The molecule has 0 spiro atoms. The molecule has 8 nitrogen and oxygen atoms in total. The molecule has 1 aliphatic rings. The zero-order chi connectivity index (χ0) is 15.3. The molecule has 1 rings (SSSR count). The first kappa shape index (κ1) is 15.9. The molecule has 0 radical (unpaired) electrons. The molecule has 0 bridgehead atoms. The monoisotopic (exact) mass is 285 g/mol. The van der Waals surface area contributed by atoms with E-state index in [9.17, 15) is 14.4 Å². The Morgan fingerprint density at radius 2 is 1.95 bits per heavy atom. The summed E-state index contributed by atoms with van der Waals surface area (Å²) in [6.07, 6.45) is 1.05. The molecule has 0 aliphatic carbocycles. The summed E-state index contributed by atoms with van der Waals surface area (Å²) in [6, 6.07) is -1.61. The molecule has 0 saturated heterocycles. The Labute approximate surface area is 117 Å². The van der Waals surface area contributed by atoms with Gasteiger partial charge in [0.15, 0.2) is 6.04 Å². The van der Waals surface area contributed by atoms with Crippen molar-refractivity contribution in [3.05, 3.63) is 0 Å². The van der Waals surface area contributed by atoms with Crippen molar-refractivity contribution in [1.82, 2.24) is 10.3 Å². The number of nitrogens with zero attached hydrogens (tertiary/aromatic N) is 2. The lowest BCUT2D eigenvalue weighted by molar-refractivity contribution is -0.152. The minimum atomic E-state index is -0.829. The first-order chi connectivity index (χ1) is 9.42. The predicted molar refractivity (Wildman–Crippen MR) is 69.9 cm³/mol. The summed E-state index contributed by atoms with van der Waals surface area (Å²) in [5.41, 5.74) is 0. The van der Waals surface area contributed by atoms with Gasteiger partial charge in [-0.15, -0.1) is 0 Å². The molecule has 8 heteroatoms. The van der Waals surface area contributed by atoms with Crippen molar-refractivity contribution in [3.8, 4) is 0 Å². The number of hydrogen-bond donors (Lipinski definition) is 1. The summed E-state index contributed by atoms with van der Waals surface area (Å²) >= 11 is 0. The van der Waals surface area contributed by atoms with Crippen LogP contribution in [0.4, 0.5) is 4.79 Å². The van der Waals surface area contributed by atoms with Gasteiger partial charge < -0.3 is 14.8 Å². The van der Waals surface area contributed by atoms with Crippen LogP contribution in [0.5, 0.6) is 0 Å². The Morgan fingerprint density at radius 3 is 2.45 bits per heavy atom. The second-order valence-corrected chi connectivity index (χ2v) is 4.61. The maximum absolute atomic E-state index is 12.4. The van der Waals surface area contributed by atoms with E-state index in [4.69, 9.17) is 0 Å². The lowest BCUT2D eigenvalue weighted by atomic mass is 10.0. The second kappa shape index (κ2) is 6.88. The van der Waals surface area contributed by atoms with Gasteiger partial charge in [-0.2, -0.15) is 5.10 Å². The molecule has 0 aromatic rings. The maximum Gasteiger partial charge on any atom is 0.407 e. The van der Waals surface area contributed by atoms with Crippen LogP contribution in [0, 0.1) is 5.92 Å². The van der Waals surface area contributed by atoms with Crippen LogP contribution < -0.4 is 5.32 Å². The quantitative estimate of drug-likeness (QED) is 0.740. The minimum Gasteiger partial charge on any atom is -0.467 e. The third-order valence-corrected chi connectivity index (χ3v) is 2.92. The largest absolute Gasteiger partial charge is 0.467 e. The Morgan fingerprint density at radius 1 is 1.30 bits per heavy atom. The summed E-state index contributed by atoms with van der Waals surface area (Å²) < 4.78 is 9.12. The van der Waals surface area contributed by atoms with E-state index < -0.39 is 30.1 Å². The average Bonchev–Trinajstić information content (AvgIpc) is 2.91. The molecule has 1 unspecified atom stereocenters. The lowest BCUT2D eigenvalue weighted by Gasteiger charge is -2.27. The number of carbonyl (C=O) groups excluding carboxylic acids is 3. The van der Waals surface area contributed by atoms with Crippen molar-refractivity contribution >= 4 is 24.2 Å². The van der Waals surface area contributed by atoms with Gasteiger partial charge in [-0.1, -0.05) is 13.8 Å². The van der Waals surface area contributed by atoms with Crippen molar-refractivity contribution in [2.75, 3.05) is 14.2 Å². The van der Waals surface area contributed by atoms with E-state index in [2.05, 4.69) is 19.9 Å². The predicted octanol–water partition coefficient (Wildman–Crippen LogP) is 0.127. The number of ether oxygens (including phenoxy) is 2. The fraction of sp³-hybridized carbons (Fsp3) is 0.667. The molecule has 20 heavy (non-hydrogen) atoms. The molecule has 2 atom stereocenters. The highest BCUT2D eigenvalue weighted by Crippen LogP contribution is 2.17. The summed E-state index contributed by atoms with van der Waals surface area (Å²) in [7, 11) is 2.46. The first-order valence-corrected chi connectivity index (χ1v) is 6.20. The smallest absolute Gasteiger partial charge is 0.407 e. The lowest BCUT2D eigenvalue weighted by Crippen LogP contribution is -2.52. The highest BCUT2D eigenvalue weighted by atomic mass is 16.5. The standard InChI is InChI=1S/C12H19N3O5/c1-7(2)9(14-12(18)20-4)10(16)15-8(5-6-13-15)11(17)19-3/h6-9H,5H2,1-4H3,(H,14,18)/t8?,9-/m0/s1. The topological polar surface area (TPSA) is 97.3 Å². The molecular weight excluding hydrogens is 266 g/mol. The van der Waals surface area contributed by atoms with E-state index in [0.717, 1.165) is 5.01 Å². The van der Waals surface area contributed by atoms with Gasteiger partial charge in [0, 0.05) is 12.6 Å². The molecule has 0 fully saturated rings. The van der Waals surface area contributed by atoms with Crippen molar-refractivity contribution in [2.24, 2.45) is 11.0 Å². The number of esters is 1. The Kier molecular flexibility index (Phi) is 5.48. The summed E-state index contributed by atoms with van der Waals surface area (Å²) in [5.74, 6) is -1.21. The Hall–Kier alpha value is -2.12. The van der Waals surface area contributed by atoms with Crippen molar-refractivity contribution in [2.45, 2.75) is 32.4 Å². The third-order valence-electron chi connectivity index (χ3n) is 2.92. The fourth-order valence-electron chi connectivity index (χ4n) is 1.80. The van der Waals surface area contributed by atoms with E-state index >= 15 is 0 Å². The molecule has 0 aromatic carbocycles. The fourth-order valence-corrected chi connectivity index (χ4v) is 1.80. The molecule has 2 amide bonds. The summed E-state index contributed by atoms with van der Waals surface area (Å²) in [4.78, 5) is 35.3. The van der Waals surface area contributed by atoms with Crippen LogP contribution >= 0.6 is 0 Å². The number of hydrazone groups is 1. The SMILES string of the molecule is COC(=O)N[C@H](C(=O)N1N=CCC1C(=O)OC)C(C)C. The molecule has 1 aliphatic heterocycles. The van der Waals surface area contributed by atoms with Crippen LogP contribution in [0.2, 0.25) is 0 Å². The van der Waals surface area contributed by atoms with Gasteiger partial charge in [-0.3, -0.25) is 4.79 Å². The zero-order valence-corrected chi connectivity index (χ0v) is 12.0. The number of alkyl carbamates (subject to hydrolysis) is 1. The van der Waals surface area contributed by atoms with Crippen molar-refractivity contribution in [3.63, 3.8) is 0 Å². The first-order valence-electron chi connectivity index (χ1n) is 6.20. The highest BCUT2D eigenvalue weighted by Gasteiger charge is 2.38. The molecule has 1 N–H and O–H groups in total. The molecular formula is C12H19N3O5. The van der Waals surface area contributed by atoms with E-state index in [1.165, 1.54) is 20.4 Å². The van der Waals surface area contributed by atoms with Gasteiger partial charge >= 0.3 is 12.1 Å². The molecule has 0 saturated carbocycles. The van der Waals surface area contributed by atoms with Crippen LogP contribution in [0.15, 0.2) is 5.10 Å². The van der Waals surface area contributed by atoms with E-state index in [1.807, 2.05) is 0 Å². The van der Waals surface area contributed by atoms with E-state index in [0.29, 0.717) is 6.42 Å². The number of hydrogen-bond acceptors (Lipinski definition) is 6. The number of carbonyl (C=O) groups is 3. The average molecular weight is 285 g/mol. The van der Waals surface area contributed by atoms with E-state index in [1.54, 1.807) is 13.8 Å². The van der Waals surface area contributed by atoms with Crippen LogP contribution in [-0.2, 0) is 19.1 Å². The van der Waals surface area contributed by atoms with Crippen molar-refractivity contribution in [1.29, 1.82) is 0 Å². The van der Waals surface area contributed by atoms with Gasteiger partial charge in [0.05, 0.1) is 14.2 Å². The number of methoxy groups -OCH3 is 2. The molecule has 112 valence electrons. The summed E-state index contributed by atoms with van der Waals surface area (Å²) in [6.45, 7) is 3.54. The molecule has 0 aromatic heterocycles. The van der Waals surface area contributed by atoms with E-state index in [-0.39, 0.29) is 5.92 Å². The number of amides is 2. The van der Waals surface area contributed by atoms with Crippen LogP contribution in [0.1, 0.15) is 20.3 Å².